The van der Waals surface area contributed by atoms with E-state index in [9.17, 15) is 4.79 Å². The molecule has 144 valence electrons. The van der Waals surface area contributed by atoms with E-state index in [0.29, 0.717) is 19.4 Å². The van der Waals surface area contributed by atoms with Gasteiger partial charge in [-0.3, -0.25) is 4.79 Å². The summed E-state index contributed by atoms with van der Waals surface area (Å²) >= 11 is 0. The van der Waals surface area contributed by atoms with Gasteiger partial charge in [0, 0.05) is 30.6 Å². The van der Waals surface area contributed by atoms with Gasteiger partial charge in [0.15, 0.2) is 0 Å². The minimum absolute atomic E-state index is 0.162. The number of hydrogen-bond donors (Lipinski definition) is 0. The number of rotatable bonds is 6. The largest absolute Gasteiger partial charge is 0.461 e. The highest BCUT2D eigenvalue weighted by Gasteiger charge is 2.15. The summed E-state index contributed by atoms with van der Waals surface area (Å²) < 4.78 is 10.9. The minimum atomic E-state index is -0.162. The highest BCUT2D eigenvalue weighted by atomic mass is 16.5. The van der Waals surface area contributed by atoms with E-state index in [4.69, 9.17) is 9.47 Å². The van der Waals surface area contributed by atoms with Crippen molar-refractivity contribution in [1.82, 2.24) is 0 Å². The third-order valence-corrected chi connectivity index (χ3v) is 5.18. The second kappa shape index (κ2) is 8.89. The van der Waals surface area contributed by atoms with Crippen molar-refractivity contribution in [1.29, 1.82) is 0 Å². The summed E-state index contributed by atoms with van der Waals surface area (Å²) in [5.41, 5.74) is 3.44. The van der Waals surface area contributed by atoms with Gasteiger partial charge in [-0.2, -0.15) is 0 Å². The molecule has 3 aromatic carbocycles. The number of ether oxygens (including phenoxy) is 2. The SMILES string of the molecule is O=C(CCc1ccc(N2CCOCC2)c2ccccc12)OCc1ccccc1. The van der Waals surface area contributed by atoms with Gasteiger partial charge in [0.25, 0.3) is 0 Å². The van der Waals surface area contributed by atoms with Crippen molar-refractivity contribution < 1.29 is 14.3 Å². The number of aryl methyl sites for hydroxylation is 1. The number of benzene rings is 3. The van der Waals surface area contributed by atoms with Crippen molar-refractivity contribution in [3.05, 3.63) is 77.9 Å². The highest BCUT2D eigenvalue weighted by Crippen LogP contribution is 2.30. The van der Waals surface area contributed by atoms with Crippen LogP contribution < -0.4 is 4.90 Å². The van der Waals surface area contributed by atoms with Gasteiger partial charge >= 0.3 is 5.97 Å². The zero-order valence-corrected chi connectivity index (χ0v) is 16.0. The van der Waals surface area contributed by atoms with Crippen LogP contribution in [-0.2, 0) is 27.3 Å². The maximum absolute atomic E-state index is 12.2. The van der Waals surface area contributed by atoms with Crippen molar-refractivity contribution in [3.8, 4) is 0 Å². The van der Waals surface area contributed by atoms with Crippen molar-refractivity contribution >= 4 is 22.4 Å². The van der Waals surface area contributed by atoms with E-state index in [-0.39, 0.29) is 5.97 Å². The molecule has 0 spiro atoms. The zero-order valence-electron chi connectivity index (χ0n) is 16.0. The summed E-state index contributed by atoms with van der Waals surface area (Å²) in [4.78, 5) is 14.6. The number of fused-ring (bicyclic) bond motifs is 1. The van der Waals surface area contributed by atoms with Gasteiger partial charge in [-0.25, -0.2) is 0 Å². The Morgan fingerprint density at radius 2 is 1.61 bits per heavy atom. The van der Waals surface area contributed by atoms with E-state index < -0.39 is 0 Å². The number of hydrogen-bond acceptors (Lipinski definition) is 4. The summed E-state index contributed by atoms with van der Waals surface area (Å²) in [5, 5.41) is 2.45. The Labute approximate surface area is 165 Å². The molecule has 4 nitrogen and oxygen atoms in total. The van der Waals surface area contributed by atoms with Crippen LogP contribution in [0.4, 0.5) is 5.69 Å². The zero-order chi connectivity index (χ0) is 19.2. The van der Waals surface area contributed by atoms with Gasteiger partial charge < -0.3 is 14.4 Å². The average molecular weight is 375 g/mol. The topological polar surface area (TPSA) is 38.8 Å². The van der Waals surface area contributed by atoms with Crippen LogP contribution in [0.15, 0.2) is 66.7 Å². The normalized spacial score (nSPS) is 14.2. The lowest BCUT2D eigenvalue weighted by Gasteiger charge is -2.30. The quantitative estimate of drug-likeness (QED) is 0.601. The molecule has 0 saturated carbocycles. The standard InChI is InChI=1S/C24H25NO3/c26-24(28-18-19-6-2-1-3-7-19)13-11-20-10-12-23(25-14-16-27-17-15-25)22-9-5-4-8-21(20)22/h1-10,12H,11,13-18H2. The monoisotopic (exact) mass is 375 g/mol. The molecule has 1 fully saturated rings. The average Bonchev–Trinajstić information content (AvgIpc) is 2.77. The van der Waals surface area contributed by atoms with Crippen LogP contribution in [0.3, 0.4) is 0 Å². The number of carbonyl (C=O) groups is 1. The van der Waals surface area contributed by atoms with E-state index in [0.717, 1.165) is 31.9 Å². The van der Waals surface area contributed by atoms with Crippen molar-refractivity contribution in [2.45, 2.75) is 19.4 Å². The first kappa shape index (κ1) is 18.5. The molecule has 0 aromatic heterocycles. The molecule has 1 saturated heterocycles. The summed E-state index contributed by atoms with van der Waals surface area (Å²) in [6, 6.07) is 22.5. The van der Waals surface area contributed by atoms with Crippen LogP contribution in [0.25, 0.3) is 10.8 Å². The third kappa shape index (κ3) is 4.34. The lowest BCUT2D eigenvalue weighted by atomic mass is 9.99. The van der Waals surface area contributed by atoms with Crippen LogP contribution in [0.1, 0.15) is 17.5 Å². The Hall–Kier alpha value is -2.85. The molecule has 1 aliphatic heterocycles. The van der Waals surface area contributed by atoms with Crippen molar-refractivity contribution in [2.24, 2.45) is 0 Å². The van der Waals surface area contributed by atoms with Gasteiger partial charge in [0.2, 0.25) is 0 Å². The lowest BCUT2D eigenvalue weighted by Crippen LogP contribution is -2.36. The molecule has 0 N–H and O–H groups in total. The Morgan fingerprint density at radius 3 is 2.39 bits per heavy atom. The molecule has 0 bridgehead atoms. The van der Waals surface area contributed by atoms with E-state index in [2.05, 4.69) is 41.3 Å². The van der Waals surface area contributed by atoms with Crippen molar-refractivity contribution in [2.75, 3.05) is 31.2 Å². The molecule has 0 radical (unpaired) electrons. The second-order valence-electron chi connectivity index (χ2n) is 7.04. The predicted molar refractivity (Wildman–Crippen MR) is 112 cm³/mol. The van der Waals surface area contributed by atoms with Gasteiger partial charge in [-0.1, -0.05) is 60.7 Å². The molecular weight excluding hydrogens is 350 g/mol. The lowest BCUT2D eigenvalue weighted by molar-refractivity contribution is -0.144. The van der Waals surface area contributed by atoms with E-state index in [1.165, 1.54) is 22.0 Å². The first-order valence-corrected chi connectivity index (χ1v) is 9.84. The first-order valence-electron chi connectivity index (χ1n) is 9.84. The number of morpholine rings is 1. The number of nitrogens with zero attached hydrogens (tertiary/aromatic N) is 1. The van der Waals surface area contributed by atoms with Gasteiger partial charge in [0.1, 0.15) is 6.61 Å². The fourth-order valence-electron chi connectivity index (χ4n) is 3.69. The highest BCUT2D eigenvalue weighted by molar-refractivity contribution is 5.96. The molecule has 3 aromatic rings. The summed E-state index contributed by atoms with van der Waals surface area (Å²) in [6.07, 6.45) is 1.06. The minimum Gasteiger partial charge on any atom is -0.461 e. The molecule has 28 heavy (non-hydrogen) atoms. The fraction of sp³-hybridized carbons (Fsp3) is 0.292. The molecule has 0 atom stereocenters. The third-order valence-electron chi connectivity index (χ3n) is 5.18. The van der Waals surface area contributed by atoms with Crippen LogP contribution in [-0.4, -0.2) is 32.3 Å². The van der Waals surface area contributed by atoms with Gasteiger partial charge in [-0.15, -0.1) is 0 Å². The van der Waals surface area contributed by atoms with Gasteiger partial charge in [0.05, 0.1) is 13.2 Å². The summed E-state index contributed by atoms with van der Waals surface area (Å²) in [6.45, 7) is 3.69. The van der Waals surface area contributed by atoms with Crippen LogP contribution in [0.2, 0.25) is 0 Å². The van der Waals surface area contributed by atoms with Crippen LogP contribution in [0, 0.1) is 0 Å². The van der Waals surface area contributed by atoms with Crippen molar-refractivity contribution in [3.63, 3.8) is 0 Å². The molecule has 0 amide bonds. The van der Waals surface area contributed by atoms with Crippen LogP contribution in [0.5, 0.6) is 0 Å². The molecular formula is C24H25NO3. The fourth-order valence-corrected chi connectivity index (χ4v) is 3.69. The Bertz CT molecular complexity index is 933. The van der Waals surface area contributed by atoms with E-state index in [1.807, 2.05) is 30.3 Å². The number of anilines is 1. The number of esters is 1. The Morgan fingerprint density at radius 1 is 0.893 bits per heavy atom. The summed E-state index contributed by atoms with van der Waals surface area (Å²) in [7, 11) is 0. The molecule has 1 aliphatic rings. The van der Waals surface area contributed by atoms with E-state index in [1.54, 1.807) is 0 Å². The first-order chi connectivity index (χ1) is 13.8. The Kier molecular flexibility index (Phi) is 5.88. The molecule has 4 rings (SSSR count). The second-order valence-corrected chi connectivity index (χ2v) is 7.04. The number of carbonyl (C=O) groups excluding carboxylic acids is 1. The summed E-state index contributed by atoms with van der Waals surface area (Å²) in [5.74, 6) is -0.162. The van der Waals surface area contributed by atoms with E-state index >= 15 is 0 Å². The Balaban J connectivity index is 1.44. The molecule has 0 aliphatic carbocycles. The molecule has 0 unspecified atom stereocenters. The molecule has 1 heterocycles. The smallest absolute Gasteiger partial charge is 0.306 e. The predicted octanol–water partition coefficient (Wildman–Crippen LogP) is 4.35. The van der Waals surface area contributed by atoms with Gasteiger partial charge in [-0.05, 0) is 29.0 Å². The molecule has 4 heteroatoms. The maximum atomic E-state index is 12.2. The maximum Gasteiger partial charge on any atom is 0.306 e. The van der Waals surface area contributed by atoms with Crippen LogP contribution >= 0.6 is 0 Å².